The van der Waals surface area contributed by atoms with Crippen molar-refractivity contribution in [1.82, 2.24) is 4.98 Å². The van der Waals surface area contributed by atoms with Crippen LogP contribution in [0.5, 0.6) is 0 Å². The molecule has 0 spiro atoms. The lowest BCUT2D eigenvalue weighted by Gasteiger charge is -2.29. The van der Waals surface area contributed by atoms with Crippen molar-refractivity contribution in [2.45, 2.75) is 25.3 Å². The molecule has 1 aliphatic carbocycles. The van der Waals surface area contributed by atoms with E-state index in [2.05, 4.69) is 11.1 Å². The molecule has 3 aromatic carbocycles. The van der Waals surface area contributed by atoms with Gasteiger partial charge in [0.2, 0.25) is 5.13 Å². The monoisotopic (exact) mass is 551 g/mol. The molecule has 2 atom stereocenters. The van der Waals surface area contributed by atoms with Gasteiger partial charge in [0.05, 0.1) is 22.2 Å². The molecule has 5 nitrogen and oxygen atoms in total. The van der Waals surface area contributed by atoms with Crippen LogP contribution >= 0.6 is 11.3 Å². The number of allylic oxidation sites excluding steroid dienone is 1. The molecule has 8 heteroatoms. The lowest BCUT2D eigenvalue weighted by Crippen LogP contribution is -2.28. The summed E-state index contributed by atoms with van der Waals surface area (Å²) >= 11 is 1.37. The van der Waals surface area contributed by atoms with Crippen molar-refractivity contribution in [2.75, 3.05) is 5.01 Å². The van der Waals surface area contributed by atoms with Gasteiger partial charge < -0.3 is 4.42 Å². The van der Waals surface area contributed by atoms with Gasteiger partial charge in [-0.15, -0.1) is 0 Å². The molecular weight excluding hydrogens is 528 g/mol. The molecule has 7 rings (SSSR count). The Morgan fingerprint density at radius 2 is 1.73 bits per heavy atom. The van der Waals surface area contributed by atoms with E-state index >= 15 is 0 Å². The number of anilines is 1. The third-order valence-corrected chi connectivity index (χ3v) is 8.54. The van der Waals surface area contributed by atoms with E-state index in [1.54, 1.807) is 36.5 Å². The quantitative estimate of drug-likeness (QED) is 0.212. The number of fused-ring (bicyclic) bond motifs is 2. The molecule has 0 bridgehead atoms. The van der Waals surface area contributed by atoms with Crippen LogP contribution in [-0.2, 0) is 0 Å². The Morgan fingerprint density at radius 1 is 0.975 bits per heavy atom. The molecule has 3 heterocycles. The molecule has 1 fully saturated rings. The van der Waals surface area contributed by atoms with E-state index in [0.29, 0.717) is 21.2 Å². The fraction of sp³-hybridized carbons (Fsp3) is 0.156. The van der Waals surface area contributed by atoms with Crippen LogP contribution in [0.1, 0.15) is 36.4 Å². The van der Waals surface area contributed by atoms with Crippen molar-refractivity contribution >= 4 is 39.2 Å². The molecular formula is C32H23F2N3O2S. The molecule has 0 N–H and O–H groups in total. The maximum Gasteiger partial charge on any atom is 0.345 e. The first kappa shape index (κ1) is 24.6. The van der Waals surface area contributed by atoms with E-state index in [4.69, 9.17) is 9.52 Å². The summed E-state index contributed by atoms with van der Waals surface area (Å²) in [7, 11) is 0. The van der Waals surface area contributed by atoms with E-state index in [-0.39, 0.29) is 23.6 Å². The molecule has 5 aromatic rings. The average molecular weight is 552 g/mol. The minimum atomic E-state index is -0.421. The highest BCUT2D eigenvalue weighted by molar-refractivity contribution is 7.18. The lowest BCUT2D eigenvalue weighted by molar-refractivity contribution is 0.486. The number of hydrogen-bond acceptors (Lipinski definition) is 6. The van der Waals surface area contributed by atoms with Crippen LogP contribution in [0.15, 0.2) is 105 Å². The Balaban J connectivity index is 1.31. The first-order valence-corrected chi connectivity index (χ1v) is 13.9. The van der Waals surface area contributed by atoms with E-state index in [9.17, 15) is 13.6 Å². The molecule has 0 amide bonds. The fourth-order valence-corrected chi connectivity index (χ4v) is 6.55. The van der Waals surface area contributed by atoms with Gasteiger partial charge >= 0.3 is 5.63 Å². The second kappa shape index (κ2) is 9.95. The first-order valence-electron chi connectivity index (χ1n) is 13.1. The first-order chi connectivity index (χ1) is 19.5. The van der Waals surface area contributed by atoms with Gasteiger partial charge in [-0.3, -0.25) is 0 Å². The highest BCUT2D eigenvalue weighted by Crippen LogP contribution is 2.47. The summed E-state index contributed by atoms with van der Waals surface area (Å²) in [5.74, 6) is -0.497. The maximum absolute atomic E-state index is 13.9. The predicted molar refractivity (Wildman–Crippen MR) is 154 cm³/mol. The number of nitrogens with zero attached hydrogens (tertiary/aromatic N) is 3. The summed E-state index contributed by atoms with van der Waals surface area (Å²) in [6.45, 7) is 0. The van der Waals surface area contributed by atoms with Crippen LogP contribution in [0.3, 0.4) is 0 Å². The largest absolute Gasteiger partial charge is 0.422 e. The minimum Gasteiger partial charge on any atom is -0.422 e. The topological polar surface area (TPSA) is 58.7 Å². The Morgan fingerprint density at radius 3 is 2.52 bits per heavy atom. The normalized spacial score (nSPS) is 19.7. The van der Waals surface area contributed by atoms with Crippen molar-refractivity contribution in [3.63, 3.8) is 0 Å². The van der Waals surface area contributed by atoms with Gasteiger partial charge in [-0.2, -0.15) is 5.10 Å². The number of benzene rings is 3. The molecule has 198 valence electrons. The molecule has 1 saturated carbocycles. The number of para-hydroxylation sites is 1. The van der Waals surface area contributed by atoms with Gasteiger partial charge in [-0.1, -0.05) is 53.8 Å². The number of hydrazone groups is 1. The average Bonchev–Trinajstić information content (AvgIpc) is 3.60. The van der Waals surface area contributed by atoms with E-state index in [0.717, 1.165) is 47.1 Å². The molecule has 2 aromatic heterocycles. The number of halogens is 2. The lowest BCUT2D eigenvalue weighted by atomic mass is 9.77. The van der Waals surface area contributed by atoms with Crippen molar-refractivity contribution in [1.29, 1.82) is 0 Å². The van der Waals surface area contributed by atoms with E-state index < -0.39 is 5.63 Å². The second-order valence-corrected chi connectivity index (χ2v) is 11.0. The highest BCUT2D eigenvalue weighted by atomic mass is 32.1. The Labute approximate surface area is 232 Å². The van der Waals surface area contributed by atoms with Gasteiger partial charge in [0, 0.05) is 17.5 Å². The minimum absolute atomic E-state index is 0.0731. The summed E-state index contributed by atoms with van der Waals surface area (Å²) in [5.41, 5.74) is 4.48. The zero-order chi connectivity index (χ0) is 27.2. The van der Waals surface area contributed by atoms with Crippen molar-refractivity contribution < 1.29 is 13.2 Å². The van der Waals surface area contributed by atoms with Crippen LogP contribution in [0.4, 0.5) is 13.9 Å². The Hall–Kier alpha value is -4.43. The standard InChI is InChI=1S/C32H23F2N3O2S/c33-23-12-8-19(9-13-23)16-22-5-3-6-25-29(22)36-37(30(25)20-10-14-24(34)15-11-20)32-35-18-28(40-32)26-17-21-4-1-2-7-27(21)39-31(26)38/h1-2,4,7-18,25,30H,3,5-6H2/b22-16-/t25-,30+/m1/s1. The summed E-state index contributed by atoms with van der Waals surface area (Å²) in [4.78, 5) is 18.2. The summed E-state index contributed by atoms with van der Waals surface area (Å²) in [6, 6.07) is 22.0. The molecule has 40 heavy (non-hydrogen) atoms. The Kier molecular flexibility index (Phi) is 6.12. The van der Waals surface area contributed by atoms with Gasteiger partial charge in [-0.05, 0) is 78.4 Å². The Bertz CT molecular complexity index is 1840. The molecule has 1 aliphatic heterocycles. The molecule has 2 aliphatic rings. The van der Waals surface area contributed by atoms with Gasteiger partial charge in [0.25, 0.3) is 0 Å². The molecule has 0 saturated heterocycles. The number of rotatable bonds is 4. The third kappa shape index (κ3) is 4.44. The van der Waals surface area contributed by atoms with Crippen LogP contribution in [0.2, 0.25) is 0 Å². The maximum atomic E-state index is 13.9. The zero-order valence-electron chi connectivity index (χ0n) is 21.3. The SMILES string of the molecule is O=c1oc2ccccc2cc1-c1cnc(N2N=C3/C(=C\c4ccc(F)cc4)CCC[C@H]3[C@@H]2c2ccc(F)cc2)s1. The number of thiazole rings is 1. The fourth-order valence-electron chi connectivity index (χ4n) is 5.64. The van der Waals surface area contributed by atoms with Crippen LogP contribution < -0.4 is 10.6 Å². The molecule has 0 radical (unpaired) electrons. The molecule has 0 unspecified atom stereocenters. The van der Waals surface area contributed by atoms with Crippen LogP contribution in [0, 0.1) is 17.6 Å². The van der Waals surface area contributed by atoms with Crippen molar-refractivity contribution in [3.8, 4) is 10.4 Å². The second-order valence-electron chi connectivity index (χ2n) is 10.0. The van der Waals surface area contributed by atoms with E-state index in [1.807, 2.05) is 29.3 Å². The highest BCUT2D eigenvalue weighted by Gasteiger charge is 2.43. The summed E-state index contributed by atoms with van der Waals surface area (Å²) in [6.07, 6.45) is 6.51. The van der Waals surface area contributed by atoms with Crippen molar-refractivity contribution in [3.05, 3.63) is 124 Å². The van der Waals surface area contributed by atoms with Crippen LogP contribution in [0.25, 0.3) is 27.5 Å². The number of aromatic nitrogens is 1. The van der Waals surface area contributed by atoms with Crippen molar-refractivity contribution in [2.24, 2.45) is 11.0 Å². The predicted octanol–water partition coefficient (Wildman–Crippen LogP) is 8.00. The number of hydrogen-bond donors (Lipinski definition) is 0. The van der Waals surface area contributed by atoms with Gasteiger partial charge in [0.15, 0.2) is 0 Å². The smallest absolute Gasteiger partial charge is 0.345 e. The van der Waals surface area contributed by atoms with E-state index in [1.165, 1.54) is 35.6 Å². The van der Waals surface area contributed by atoms with Crippen LogP contribution in [-0.4, -0.2) is 10.7 Å². The van der Waals surface area contributed by atoms with Gasteiger partial charge in [-0.25, -0.2) is 23.6 Å². The summed E-state index contributed by atoms with van der Waals surface area (Å²) < 4.78 is 32.9. The van der Waals surface area contributed by atoms with Gasteiger partial charge in [0.1, 0.15) is 17.2 Å². The third-order valence-electron chi connectivity index (χ3n) is 7.52. The summed E-state index contributed by atoms with van der Waals surface area (Å²) in [5, 5.41) is 8.48. The zero-order valence-corrected chi connectivity index (χ0v) is 22.1.